The second-order valence-corrected chi connectivity index (χ2v) is 20.5. The predicted molar refractivity (Wildman–Crippen MR) is 288 cm³/mol. The lowest BCUT2D eigenvalue weighted by molar-refractivity contribution is -0.870. The average Bonchev–Trinajstić information content (AvgIpc) is 3.29. The highest BCUT2D eigenvalue weighted by Crippen LogP contribution is 2.38. The highest BCUT2D eigenvalue weighted by atomic mass is 31.2. The van der Waals surface area contributed by atoms with Gasteiger partial charge in [0.1, 0.15) is 19.3 Å². The molecule has 0 aromatic carbocycles. The quantitative estimate of drug-likeness (QED) is 0.0161. The van der Waals surface area contributed by atoms with E-state index in [-0.39, 0.29) is 31.3 Å². The molecular weight excluding hydrogens is 868 g/mol. The van der Waals surface area contributed by atoms with Gasteiger partial charge in [0, 0.05) is 12.8 Å². The third-order valence-electron chi connectivity index (χ3n) is 11.3. The first-order valence-electron chi connectivity index (χ1n) is 27.1. The van der Waals surface area contributed by atoms with Crippen LogP contribution in [0.2, 0.25) is 0 Å². The molecule has 0 spiro atoms. The molecule has 3 atom stereocenters. The molecule has 0 heterocycles. The van der Waals surface area contributed by atoms with Crippen LogP contribution in [0.15, 0.2) is 97.2 Å². The summed E-state index contributed by atoms with van der Waals surface area (Å²) >= 11 is 0. The summed E-state index contributed by atoms with van der Waals surface area (Å²) in [6, 6.07) is -0.929. The molecule has 0 aromatic heterocycles. The van der Waals surface area contributed by atoms with Crippen LogP contribution in [0, 0.1) is 0 Å². The molecule has 0 aromatic rings. The highest BCUT2D eigenvalue weighted by Gasteiger charge is 2.27. The Hall–Kier alpha value is -3.07. The molecular formula is C58H101N2O7P. The first-order chi connectivity index (χ1) is 32.9. The molecule has 0 rings (SSSR count). The number of allylic oxidation sites excluding steroid dienone is 15. The molecule has 0 saturated carbocycles. The Labute approximate surface area is 418 Å². The maximum Gasteiger partial charge on any atom is 0.306 e. The van der Waals surface area contributed by atoms with E-state index in [2.05, 4.69) is 105 Å². The predicted octanol–water partition coefficient (Wildman–Crippen LogP) is 15.4. The van der Waals surface area contributed by atoms with Crippen LogP contribution in [0.25, 0.3) is 0 Å². The van der Waals surface area contributed by atoms with Gasteiger partial charge in [0.25, 0.3) is 7.82 Å². The van der Waals surface area contributed by atoms with E-state index in [4.69, 9.17) is 13.8 Å². The fourth-order valence-electron chi connectivity index (χ4n) is 7.10. The van der Waals surface area contributed by atoms with Gasteiger partial charge in [-0.15, -0.1) is 0 Å². The molecule has 0 saturated heterocycles. The number of hydrogen-bond acceptors (Lipinski definition) is 7. The zero-order valence-corrected chi connectivity index (χ0v) is 45.2. The fraction of sp³-hybridized carbons (Fsp3) is 0.690. The van der Waals surface area contributed by atoms with Crippen molar-refractivity contribution in [2.45, 2.75) is 219 Å². The fourth-order valence-corrected chi connectivity index (χ4v) is 7.82. The van der Waals surface area contributed by atoms with Crippen LogP contribution in [0.5, 0.6) is 0 Å². The molecule has 390 valence electrons. The average molecular weight is 969 g/mol. The molecule has 68 heavy (non-hydrogen) atoms. The molecule has 0 aliphatic heterocycles. The van der Waals surface area contributed by atoms with Gasteiger partial charge in [0.15, 0.2) is 0 Å². The van der Waals surface area contributed by atoms with Crippen molar-refractivity contribution < 1.29 is 37.3 Å². The molecule has 0 aliphatic rings. The Morgan fingerprint density at radius 2 is 1.01 bits per heavy atom. The summed E-state index contributed by atoms with van der Waals surface area (Å²) in [5.74, 6) is -0.640. The number of amides is 1. The molecule has 0 aliphatic carbocycles. The summed E-state index contributed by atoms with van der Waals surface area (Å²) in [6.45, 7) is 6.59. The zero-order chi connectivity index (χ0) is 50.1. The van der Waals surface area contributed by atoms with Gasteiger partial charge in [-0.25, -0.2) is 0 Å². The lowest BCUT2D eigenvalue weighted by Gasteiger charge is -2.30. The van der Waals surface area contributed by atoms with Gasteiger partial charge in [-0.05, 0) is 89.5 Å². The SMILES string of the molecule is CC/C=C/C=C/C=C\CCCCCCCC(=O)OC(/C=C\CCCCCCCCCCCC)C(COP(=O)([O-])OCC[N+](C)(C)C)NC(=O)CCC/C=C\C/C=C\C/C=C\C/C=C\CCCCC. The third-order valence-corrected chi connectivity index (χ3v) is 12.3. The number of rotatable bonds is 47. The Balaban J connectivity index is 5.53. The Morgan fingerprint density at radius 3 is 1.59 bits per heavy atom. The number of carbonyl (C=O) groups excluding carboxylic acids is 2. The highest BCUT2D eigenvalue weighted by molar-refractivity contribution is 7.45. The summed E-state index contributed by atoms with van der Waals surface area (Å²) in [4.78, 5) is 39.7. The molecule has 3 unspecified atom stereocenters. The first kappa shape index (κ1) is 64.9. The first-order valence-corrected chi connectivity index (χ1v) is 28.5. The number of phosphoric acid groups is 1. The van der Waals surface area contributed by atoms with Crippen LogP contribution < -0.4 is 10.2 Å². The van der Waals surface area contributed by atoms with Crippen molar-refractivity contribution in [2.24, 2.45) is 0 Å². The second kappa shape index (κ2) is 47.6. The lowest BCUT2D eigenvalue weighted by Crippen LogP contribution is -2.47. The Bertz CT molecular complexity index is 1490. The molecule has 9 nitrogen and oxygen atoms in total. The van der Waals surface area contributed by atoms with E-state index in [9.17, 15) is 19.0 Å². The minimum absolute atomic E-state index is 0.0407. The number of ether oxygens (including phenoxy) is 1. The normalized spacial score (nSPS) is 14.6. The Kier molecular flexibility index (Phi) is 45.5. The van der Waals surface area contributed by atoms with Crippen LogP contribution in [0.3, 0.4) is 0 Å². The minimum atomic E-state index is -4.72. The van der Waals surface area contributed by atoms with Crippen molar-refractivity contribution in [2.75, 3.05) is 40.9 Å². The number of likely N-dealkylation sites (N-methyl/N-ethyl adjacent to an activating group) is 1. The van der Waals surface area contributed by atoms with E-state index in [1.54, 1.807) is 6.08 Å². The van der Waals surface area contributed by atoms with E-state index < -0.39 is 26.6 Å². The number of quaternary nitrogens is 1. The van der Waals surface area contributed by atoms with Crippen molar-refractivity contribution in [3.05, 3.63) is 97.2 Å². The van der Waals surface area contributed by atoms with Crippen molar-refractivity contribution in [1.82, 2.24) is 5.32 Å². The van der Waals surface area contributed by atoms with Gasteiger partial charge in [-0.1, -0.05) is 202 Å². The van der Waals surface area contributed by atoms with E-state index in [1.165, 1.54) is 77.0 Å². The maximum atomic E-state index is 13.4. The number of phosphoric ester groups is 1. The van der Waals surface area contributed by atoms with Crippen molar-refractivity contribution in [1.29, 1.82) is 0 Å². The zero-order valence-electron chi connectivity index (χ0n) is 44.3. The molecule has 1 amide bonds. The largest absolute Gasteiger partial charge is 0.756 e. The lowest BCUT2D eigenvalue weighted by atomic mass is 10.1. The van der Waals surface area contributed by atoms with E-state index >= 15 is 0 Å². The summed E-state index contributed by atoms with van der Waals surface area (Å²) in [6.07, 6.45) is 62.4. The van der Waals surface area contributed by atoms with Gasteiger partial charge in [-0.2, -0.15) is 0 Å². The molecule has 0 bridgehead atoms. The molecule has 1 N–H and O–H groups in total. The number of esters is 1. The maximum absolute atomic E-state index is 13.4. The number of hydrogen-bond donors (Lipinski definition) is 1. The molecule has 0 radical (unpaired) electrons. The topological polar surface area (TPSA) is 114 Å². The van der Waals surface area contributed by atoms with Crippen molar-refractivity contribution >= 4 is 19.7 Å². The minimum Gasteiger partial charge on any atom is -0.756 e. The van der Waals surface area contributed by atoms with Gasteiger partial charge in [-0.3, -0.25) is 14.2 Å². The summed E-state index contributed by atoms with van der Waals surface area (Å²) < 4.78 is 30.1. The van der Waals surface area contributed by atoms with Gasteiger partial charge in [0.2, 0.25) is 5.91 Å². The monoisotopic (exact) mass is 969 g/mol. The number of nitrogens with one attached hydrogen (secondary N) is 1. The summed E-state index contributed by atoms with van der Waals surface area (Å²) in [5.41, 5.74) is 0. The van der Waals surface area contributed by atoms with Crippen molar-refractivity contribution in [3.63, 3.8) is 0 Å². The Morgan fingerprint density at radius 1 is 0.544 bits per heavy atom. The van der Waals surface area contributed by atoms with Gasteiger partial charge in [0.05, 0.1) is 33.8 Å². The van der Waals surface area contributed by atoms with Crippen LogP contribution in [0.4, 0.5) is 0 Å². The number of carbonyl (C=O) groups is 2. The molecule has 10 heteroatoms. The van der Waals surface area contributed by atoms with Gasteiger partial charge >= 0.3 is 5.97 Å². The van der Waals surface area contributed by atoms with E-state index in [0.717, 1.165) is 83.5 Å². The number of nitrogens with zero attached hydrogens (tertiary/aromatic N) is 1. The van der Waals surface area contributed by atoms with E-state index in [1.807, 2.05) is 33.3 Å². The van der Waals surface area contributed by atoms with Crippen molar-refractivity contribution in [3.8, 4) is 0 Å². The molecule has 0 fully saturated rings. The van der Waals surface area contributed by atoms with Crippen LogP contribution >= 0.6 is 7.82 Å². The summed E-state index contributed by atoms with van der Waals surface area (Å²) in [7, 11) is 1.12. The second-order valence-electron chi connectivity index (χ2n) is 19.1. The van der Waals surface area contributed by atoms with Crippen LogP contribution in [-0.2, 0) is 27.9 Å². The van der Waals surface area contributed by atoms with Crippen LogP contribution in [-0.4, -0.2) is 69.4 Å². The summed E-state index contributed by atoms with van der Waals surface area (Å²) in [5, 5.41) is 2.97. The third kappa shape index (κ3) is 48.0. The number of unbranched alkanes of at least 4 members (excludes halogenated alkanes) is 19. The smallest absolute Gasteiger partial charge is 0.306 e. The van der Waals surface area contributed by atoms with Crippen LogP contribution in [0.1, 0.15) is 207 Å². The standard InChI is InChI=1S/C58H101N2O7P/c1-7-10-13-16-19-22-25-28-29-30-31-33-35-38-41-44-47-50-57(61)59-55(54-66-68(63,64)65-53-52-60(4,5)6)56(49-46-43-40-37-34-27-24-21-18-15-12-9-3)67-58(62)51-48-45-42-39-36-32-26-23-20-17-14-11-8-2/h11,14,17,19-20,22-23,26,28-29,31,33,38,41,46,49,55-56H,7-10,12-13,15-16,18,21,24-25,27,30,32,34-37,39-40,42-45,47-48,50-54H2,1-6H3,(H-,59,61,63,64)/b14-11+,20-17+,22-19-,26-23-,29-28-,33-31-,41-38-,49-46-. The van der Waals surface area contributed by atoms with E-state index in [0.29, 0.717) is 23.9 Å². The van der Waals surface area contributed by atoms with Gasteiger partial charge < -0.3 is 28.5 Å².